The van der Waals surface area contributed by atoms with Gasteiger partial charge >= 0.3 is 0 Å². The van der Waals surface area contributed by atoms with E-state index in [1.165, 1.54) is 0 Å². The van der Waals surface area contributed by atoms with Crippen molar-refractivity contribution in [2.24, 2.45) is 5.92 Å². The van der Waals surface area contributed by atoms with Crippen molar-refractivity contribution in [3.8, 4) is 5.75 Å². The zero-order chi connectivity index (χ0) is 15.4. The maximum Gasteiger partial charge on any atom is 0.228 e. The second-order valence-electron chi connectivity index (χ2n) is 5.82. The summed E-state index contributed by atoms with van der Waals surface area (Å²) >= 11 is 5.84. The molecule has 2 aliphatic rings. The summed E-state index contributed by atoms with van der Waals surface area (Å²) in [6.45, 7) is 6.73. The number of halogens is 1. The summed E-state index contributed by atoms with van der Waals surface area (Å²) < 4.78 is 5.71. The van der Waals surface area contributed by atoms with Crippen molar-refractivity contribution >= 4 is 17.5 Å². The Kier molecular flexibility index (Phi) is 5.18. The molecule has 0 bridgehead atoms. The van der Waals surface area contributed by atoms with Crippen LogP contribution in [0, 0.1) is 5.92 Å². The Morgan fingerprint density at radius 1 is 1.18 bits per heavy atom. The van der Waals surface area contributed by atoms with Gasteiger partial charge in [-0.05, 0) is 24.3 Å². The first-order chi connectivity index (χ1) is 10.7. The van der Waals surface area contributed by atoms with Gasteiger partial charge in [0.2, 0.25) is 5.91 Å². The lowest BCUT2D eigenvalue weighted by atomic mass is 10.0. The third-order valence-corrected chi connectivity index (χ3v) is 4.56. The first-order valence-electron chi connectivity index (χ1n) is 7.82. The van der Waals surface area contributed by atoms with Crippen molar-refractivity contribution in [1.29, 1.82) is 0 Å². The Morgan fingerprint density at radius 3 is 2.45 bits per heavy atom. The van der Waals surface area contributed by atoms with Gasteiger partial charge in [0.15, 0.2) is 0 Å². The van der Waals surface area contributed by atoms with Crippen LogP contribution in [0.1, 0.15) is 0 Å². The van der Waals surface area contributed by atoms with Crippen LogP contribution in [0.5, 0.6) is 5.75 Å². The van der Waals surface area contributed by atoms with Gasteiger partial charge in [-0.1, -0.05) is 11.6 Å². The summed E-state index contributed by atoms with van der Waals surface area (Å²) in [5.41, 5.74) is 0. The zero-order valence-electron chi connectivity index (χ0n) is 12.6. The number of nitrogens with one attached hydrogen (secondary N) is 1. The Hall–Kier alpha value is -1.30. The Labute approximate surface area is 136 Å². The van der Waals surface area contributed by atoms with E-state index < -0.39 is 0 Å². The molecule has 1 N–H and O–H groups in total. The van der Waals surface area contributed by atoms with Gasteiger partial charge in [0.25, 0.3) is 0 Å². The maximum absolute atomic E-state index is 12.1. The van der Waals surface area contributed by atoms with E-state index in [2.05, 4.69) is 10.2 Å². The lowest BCUT2D eigenvalue weighted by Gasteiger charge is -2.38. The second kappa shape index (κ2) is 7.31. The first-order valence-corrected chi connectivity index (χ1v) is 8.20. The van der Waals surface area contributed by atoms with Crippen LogP contribution in [0.2, 0.25) is 5.02 Å². The van der Waals surface area contributed by atoms with Gasteiger partial charge < -0.3 is 15.0 Å². The van der Waals surface area contributed by atoms with E-state index in [1.54, 1.807) is 0 Å². The number of ether oxygens (including phenoxy) is 1. The van der Waals surface area contributed by atoms with Crippen molar-refractivity contribution in [2.45, 2.75) is 0 Å². The van der Waals surface area contributed by atoms with Gasteiger partial charge in [0.05, 0.1) is 5.92 Å². The minimum absolute atomic E-state index is 0.208. The highest BCUT2D eigenvalue weighted by Crippen LogP contribution is 2.15. The summed E-state index contributed by atoms with van der Waals surface area (Å²) in [7, 11) is 0. The van der Waals surface area contributed by atoms with Crippen LogP contribution < -0.4 is 10.1 Å². The highest BCUT2D eigenvalue weighted by molar-refractivity contribution is 6.30. The quantitative estimate of drug-likeness (QED) is 0.881. The predicted molar refractivity (Wildman–Crippen MR) is 86.3 cm³/mol. The standard InChI is InChI=1S/C16H22ClN3O2/c17-14-1-3-15(4-2-14)22-10-9-19-5-7-20(8-6-19)16(21)13-11-18-12-13/h1-4,13,18H,5-12H2. The topological polar surface area (TPSA) is 44.8 Å². The molecule has 2 aliphatic heterocycles. The molecule has 120 valence electrons. The van der Waals surface area contributed by atoms with E-state index >= 15 is 0 Å². The highest BCUT2D eigenvalue weighted by Gasteiger charge is 2.30. The van der Waals surface area contributed by atoms with Crippen LogP contribution in [-0.4, -0.2) is 68.1 Å². The number of amides is 1. The number of nitrogens with zero attached hydrogens (tertiary/aromatic N) is 2. The lowest BCUT2D eigenvalue weighted by Crippen LogP contribution is -2.56. The number of carbonyl (C=O) groups is 1. The van der Waals surface area contributed by atoms with Crippen LogP contribution in [0.3, 0.4) is 0 Å². The minimum atomic E-state index is 0.208. The third kappa shape index (κ3) is 3.91. The summed E-state index contributed by atoms with van der Waals surface area (Å²) in [5, 5.41) is 3.87. The second-order valence-corrected chi connectivity index (χ2v) is 6.26. The monoisotopic (exact) mass is 323 g/mol. The Balaban J connectivity index is 1.35. The van der Waals surface area contributed by atoms with Crippen LogP contribution in [0.25, 0.3) is 0 Å². The van der Waals surface area contributed by atoms with Crippen molar-refractivity contribution < 1.29 is 9.53 Å². The number of hydrogen-bond acceptors (Lipinski definition) is 4. The largest absolute Gasteiger partial charge is 0.492 e. The van der Waals surface area contributed by atoms with Gasteiger partial charge in [-0.15, -0.1) is 0 Å². The average molecular weight is 324 g/mol. The van der Waals surface area contributed by atoms with Gasteiger partial charge in [-0.25, -0.2) is 0 Å². The number of benzene rings is 1. The van der Waals surface area contributed by atoms with Crippen LogP contribution in [0.4, 0.5) is 0 Å². The maximum atomic E-state index is 12.1. The molecule has 0 saturated carbocycles. The average Bonchev–Trinajstić information content (AvgIpc) is 2.48. The molecule has 0 atom stereocenters. The van der Waals surface area contributed by atoms with Crippen LogP contribution in [-0.2, 0) is 4.79 Å². The molecule has 0 spiro atoms. The predicted octanol–water partition coefficient (Wildman–Crippen LogP) is 1.08. The number of rotatable bonds is 5. The van der Waals surface area contributed by atoms with E-state index in [9.17, 15) is 4.79 Å². The Bertz CT molecular complexity index is 497. The summed E-state index contributed by atoms with van der Waals surface area (Å²) in [4.78, 5) is 16.5. The molecule has 2 fully saturated rings. The number of piperazine rings is 1. The highest BCUT2D eigenvalue weighted by atomic mass is 35.5. The lowest BCUT2D eigenvalue weighted by molar-refractivity contribution is -0.138. The molecule has 0 radical (unpaired) electrons. The summed E-state index contributed by atoms with van der Waals surface area (Å²) in [5.74, 6) is 1.37. The number of hydrogen-bond donors (Lipinski definition) is 1. The number of carbonyl (C=O) groups excluding carboxylic acids is 1. The van der Waals surface area contributed by atoms with E-state index in [4.69, 9.17) is 16.3 Å². The van der Waals surface area contributed by atoms with Gasteiger partial charge in [0, 0.05) is 50.8 Å². The molecular formula is C16H22ClN3O2. The molecule has 5 nitrogen and oxygen atoms in total. The van der Waals surface area contributed by atoms with Gasteiger partial charge in [-0.2, -0.15) is 0 Å². The summed E-state index contributed by atoms with van der Waals surface area (Å²) in [6, 6.07) is 7.42. The van der Waals surface area contributed by atoms with E-state index in [0.717, 1.165) is 56.6 Å². The normalized spacial score (nSPS) is 19.8. The fourth-order valence-electron chi connectivity index (χ4n) is 2.74. The molecule has 0 unspecified atom stereocenters. The van der Waals surface area contributed by atoms with Crippen LogP contribution >= 0.6 is 11.6 Å². The summed E-state index contributed by atoms with van der Waals surface area (Å²) in [6.07, 6.45) is 0. The fraction of sp³-hybridized carbons (Fsp3) is 0.562. The van der Waals surface area contributed by atoms with E-state index in [1.807, 2.05) is 29.2 Å². The first kappa shape index (κ1) is 15.6. The molecule has 1 amide bonds. The molecule has 22 heavy (non-hydrogen) atoms. The molecule has 6 heteroatoms. The van der Waals surface area contributed by atoms with E-state index in [0.29, 0.717) is 12.5 Å². The molecule has 3 rings (SSSR count). The fourth-order valence-corrected chi connectivity index (χ4v) is 2.86. The van der Waals surface area contributed by atoms with Gasteiger partial charge in [-0.3, -0.25) is 9.69 Å². The Morgan fingerprint density at radius 2 is 1.86 bits per heavy atom. The molecule has 1 aromatic rings. The van der Waals surface area contributed by atoms with E-state index in [-0.39, 0.29) is 5.92 Å². The molecule has 0 aliphatic carbocycles. The van der Waals surface area contributed by atoms with Crippen molar-refractivity contribution in [3.63, 3.8) is 0 Å². The van der Waals surface area contributed by atoms with Gasteiger partial charge in [0.1, 0.15) is 12.4 Å². The van der Waals surface area contributed by atoms with Crippen molar-refractivity contribution in [3.05, 3.63) is 29.3 Å². The SMILES string of the molecule is O=C(C1CNC1)N1CCN(CCOc2ccc(Cl)cc2)CC1. The minimum Gasteiger partial charge on any atom is -0.492 e. The molecule has 1 aromatic carbocycles. The van der Waals surface area contributed by atoms with Crippen molar-refractivity contribution in [1.82, 2.24) is 15.1 Å². The molecule has 2 saturated heterocycles. The van der Waals surface area contributed by atoms with Crippen LogP contribution in [0.15, 0.2) is 24.3 Å². The third-order valence-electron chi connectivity index (χ3n) is 4.30. The zero-order valence-corrected chi connectivity index (χ0v) is 13.4. The molecular weight excluding hydrogens is 302 g/mol. The molecule has 0 aromatic heterocycles. The smallest absolute Gasteiger partial charge is 0.228 e. The molecule has 2 heterocycles. The van der Waals surface area contributed by atoms with Crippen molar-refractivity contribution in [2.75, 3.05) is 52.4 Å².